The van der Waals surface area contributed by atoms with Crippen LogP contribution < -0.4 is 5.32 Å². The van der Waals surface area contributed by atoms with Crippen molar-refractivity contribution in [1.82, 2.24) is 0 Å². The molecular formula is C23H19ClN2O3. The first-order chi connectivity index (χ1) is 13.9. The molecule has 2 aromatic rings. The summed E-state index contributed by atoms with van der Waals surface area (Å²) < 4.78 is 0. The van der Waals surface area contributed by atoms with E-state index in [1.807, 2.05) is 38.1 Å². The van der Waals surface area contributed by atoms with E-state index in [2.05, 4.69) is 5.32 Å². The number of hydrogen-bond donors (Lipinski definition) is 1. The van der Waals surface area contributed by atoms with Crippen LogP contribution in [0.3, 0.4) is 0 Å². The van der Waals surface area contributed by atoms with Gasteiger partial charge in [0.15, 0.2) is 11.7 Å². The lowest BCUT2D eigenvalue weighted by Crippen LogP contribution is -2.31. The van der Waals surface area contributed by atoms with E-state index in [1.165, 1.54) is 12.1 Å². The van der Waals surface area contributed by atoms with Crippen LogP contribution in [0.2, 0.25) is 0 Å². The first kappa shape index (κ1) is 20.5. The molecule has 0 aliphatic heterocycles. The lowest BCUT2D eigenvalue weighted by Gasteiger charge is -2.21. The predicted octanol–water partition coefficient (Wildman–Crippen LogP) is 4.46. The van der Waals surface area contributed by atoms with Gasteiger partial charge < -0.3 is 5.32 Å². The van der Waals surface area contributed by atoms with Gasteiger partial charge in [0, 0.05) is 22.4 Å². The second-order valence-electron chi connectivity index (χ2n) is 6.64. The highest BCUT2D eigenvalue weighted by Gasteiger charge is 2.38. The number of aryl methyl sites for hydroxylation is 2. The van der Waals surface area contributed by atoms with Crippen molar-refractivity contribution in [3.05, 3.63) is 75.3 Å². The fraction of sp³-hybridized carbons (Fsp3) is 0.217. The van der Waals surface area contributed by atoms with Crippen LogP contribution in [0.1, 0.15) is 45.7 Å². The topological polar surface area (TPSA) is 87.0 Å². The quantitative estimate of drug-likeness (QED) is 0.793. The van der Waals surface area contributed by atoms with Gasteiger partial charge in [0.2, 0.25) is 11.7 Å². The Bertz CT molecular complexity index is 1070. The van der Waals surface area contributed by atoms with Crippen LogP contribution in [0, 0.1) is 17.2 Å². The Morgan fingerprint density at radius 2 is 1.55 bits per heavy atom. The van der Waals surface area contributed by atoms with Gasteiger partial charge in [0.05, 0.1) is 11.1 Å². The maximum atomic E-state index is 13.0. The minimum Gasteiger partial charge on any atom is -0.324 e. The Hall–Kier alpha value is -3.23. The number of carbonyl (C=O) groups is 3. The van der Waals surface area contributed by atoms with Gasteiger partial charge in [-0.1, -0.05) is 67.9 Å². The molecule has 0 radical (unpaired) electrons. The minimum atomic E-state index is -1.50. The SMILES string of the molecule is CCc1cccc(CC)c1NC(=O)[C@@H](C#N)C1=C(Cl)C(=O)c2ccccc2C1=O. The van der Waals surface area contributed by atoms with Crippen molar-refractivity contribution in [2.45, 2.75) is 26.7 Å². The van der Waals surface area contributed by atoms with E-state index in [-0.39, 0.29) is 21.7 Å². The normalized spacial score (nSPS) is 14.3. The van der Waals surface area contributed by atoms with Gasteiger partial charge >= 0.3 is 0 Å². The summed E-state index contributed by atoms with van der Waals surface area (Å²) in [5, 5.41) is 12.1. The molecule has 0 saturated heterocycles. The van der Waals surface area contributed by atoms with Crippen molar-refractivity contribution in [2.24, 2.45) is 5.92 Å². The van der Waals surface area contributed by atoms with Crippen molar-refractivity contribution in [1.29, 1.82) is 5.26 Å². The summed E-state index contributed by atoms with van der Waals surface area (Å²) >= 11 is 6.17. The number of rotatable bonds is 5. The fourth-order valence-electron chi connectivity index (χ4n) is 3.48. The number of benzene rings is 2. The molecule has 2 aromatic carbocycles. The monoisotopic (exact) mass is 406 g/mol. The molecule has 1 atom stereocenters. The molecular weight excluding hydrogens is 388 g/mol. The molecule has 29 heavy (non-hydrogen) atoms. The van der Waals surface area contributed by atoms with Gasteiger partial charge in [-0.15, -0.1) is 0 Å². The number of hydrogen-bond acceptors (Lipinski definition) is 4. The van der Waals surface area contributed by atoms with Gasteiger partial charge in [0.25, 0.3) is 0 Å². The molecule has 1 aliphatic rings. The molecule has 6 heteroatoms. The van der Waals surface area contributed by atoms with Crippen molar-refractivity contribution >= 4 is 34.8 Å². The third-order valence-corrected chi connectivity index (χ3v) is 5.40. The highest BCUT2D eigenvalue weighted by molar-refractivity contribution is 6.50. The van der Waals surface area contributed by atoms with Crippen LogP contribution in [0.15, 0.2) is 53.1 Å². The Morgan fingerprint density at radius 1 is 1.00 bits per heavy atom. The zero-order valence-electron chi connectivity index (χ0n) is 16.1. The van der Waals surface area contributed by atoms with E-state index in [0.717, 1.165) is 11.1 Å². The van der Waals surface area contributed by atoms with Gasteiger partial charge in [-0.05, 0) is 24.0 Å². The number of fused-ring (bicyclic) bond motifs is 1. The number of Topliss-reactive ketones (excluding diaryl/α,β-unsaturated/α-hetero) is 2. The maximum Gasteiger partial charge on any atom is 0.246 e. The Kier molecular flexibility index (Phi) is 5.95. The van der Waals surface area contributed by atoms with E-state index in [0.29, 0.717) is 18.5 Å². The Morgan fingerprint density at radius 3 is 2.07 bits per heavy atom. The number of nitriles is 1. The van der Waals surface area contributed by atoms with Crippen LogP contribution in [0.5, 0.6) is 0 Å². The van der Waals surface area contributed by atoms with Crippen LogP contribution in [0.4, 0.5) is 5.69 Å². The summed E-state index contributed by atoms with van der Waals surface area (Å²) in [6.07, 6.45) is 1.38. The summed E-state index contributed by atoms with van der Waals surface area (Å²) in [6.45, 7) is 3.93. The number of ketones is 2. The highest BCUT2D eigenvalue weighted by Crippen LogP contribution is 2.33. The standard InChI is InChI=1S/C23H19ClN2O3/c1-3-13-8-7-9-14(4-2)20(13)26-23(29)17(12-25)18-19(24)22(28)16-11-6-5-10-15(16)21(18)27/h5-11,17H,3-4H2,1-2H3,(H,26,29)/t17-/m0/s1. The lowest BCUT2D eigenvalue weighted by molar-refractivity contribution is -0.117. The number of anilines is 1. The maximum absolute atomic E-state index is 13.0. The van der Waals surface area contributed by atoms with E-state index < -0.39 is 23.4 Å². The summed E-state index contributed by atoms with van der Waals surface area (Å²) in [6, 6.07) is 13.8. The number of nitrogens with zero attached hydrogens (tertiary/aromatic N) is 1. The summed E-state index contributed by atoms with van der Waals surface area (Å²) in [5.41, 5.74) is 2.52. The molecule has 3 rings (SSSR count). The smallest absolute Gasteiger partial charge is 0.246 e. The second kappa shape index (κ2) is 8.42. The zero-order valence-corrected chi connectivity index (χ0v) is 16.8. The summed E-state index contributed by atoms with van der Waals surface area (Å²) in [5.74, 6) is -3.32. The number of allylic oxidation sites excluding steroid dienone is 1. The van der Waals surface area contributed by atoms with Gasteiger partial charge in [0.1, 0.15) is 0 Å². The molecule has 1 N–H and O–H groups in total. The van der Waals surface area contributed by atoms with Gasteiger partial charge in [-0.2, -0.15) is 5.26 Å². The minimum absolute atomic E-state index is 0.146. The average Bonchev–Trinajstić information content (AvgIpc) is 2.75. The molecule has 0 aromatic heterocycles. The van der Waals surface area contributed by atoms with E-state index in [4.69, 9.17) is 11.6 Å². The van der Waals surface area contributed by atoms with Crippen LogP contribution >= 0.6 is 11.6 Å². The molecule has 1 amide bonds. The number of amides is 1. The lowest BCUT2D eigenvalue weighted by atomic mass is 9.83. The van der Waals surface area contributed by atoms with Crippen LogP contribution in [-0.2, 0) is 17.6 Å². The third kappa shape index (κ3) is 3.59. The third-order valence-electron chi connectivity index (χ3n) is 5.02. The number of nitrogens with one attached hydrogen (secondary N) is 1. The van der Waals surface area contributed by atoms with Gasteiger partial charge in [-0.25, -0.2) is 0 Å². The van der Waals surface area contributed by atoms with Crippen molar-refractivity contribution in [2.75, 3.05) is 5.32 Å². The molecule has 146 valence electrons. The van der Waals surface area contributed by atoms with Crippen molar-refractivity contribution in [3.8, 4) is 6.07 Å². The first-order valence-electron chi connectivity index (χ1n) is 9.33. The van der Waals surface area contributed by atoms with Crippen LogP contribution in [0.25, 0.3) is 0 Å². The van der Waals surface area contributed by atoms with Crippen molar-refractivity contribution in [3.63, 3.8) is 0 Å². The Labute approximate surface area is 174 Å². The van der Waals surface area contributed by atoms with E-state index >= 15 is 0 Å². The van der Waals surface area contributed by atoms with Crippen molar-refractivity contribution < 1.29 is 14.4 Å². The van der Waals surface area contributed by atoms with E-state index in [1.54, 1.807) is 12.1 Å². The molecule has 0 bridgehead atoms. The molecule has 0 unspecified atom stereocenters. The summed E-state index contributed by atoms with van der Waals surface area (Å²) in [7, 11) is 0. The average molecular weight is 407 g/mol. The molecule has 0 heterocycles. The first-order valence-corrected chi connectivity index (χ1v) is 9.71. The van der Waals surface area contributed by atoms with Crippen LogP contribution in [-0.4, -0.2) is 17.5 Å². The van der Waals surface area contributed by atoms with Gasteiger partial charge in [-0.3, -0.25) is 14.4 Å². The molecule has 1 aliphatic carbocycles. The molecule has 0 spiro atoms. The highest BCUT2D eigenvalue weighted by atomic mass is 35.5. The fourth-order valence-corrected chi connectivity index (χ4v) is 3.77. The molecule has 5 nitrogen and oxygen atoms in total. The molecule has 0 saturated carbocycles. The second-order valence-corrected chi connectivity index (χ2v) is 7.02. The summed E-state index contributed by atoms with van der Waals surface area (Å²) in [4.78, 5) is 38.5. The molecule has 0 fully saturated rings. The number of carbonyl (C=O) groups excluding carboxylic acids is 3. The number of para-hydroxylation sites is 1. The largest absolute Gasteiger partial charge is 0.324 e. The van der Waals surface area contributed by atoms with E-state index in [9.17, 15) is 19.6 Å². The Balaban J connectivity index is 2.02. The number of halogens is 1. The predicted molar refractivity (Wildman–Crippen MR) is 111 cm³/mol. The zero-order chi connectivity index (χ0) is 21.1.